The Morgan fingerprint density at radius 1 is 1.37 bits per heavy atom. The molecule has 30 heavy (non-hydrogen) atoms. The van der Waals surface area contributed by atoms with E-state index in [4.69, 9.17) is 5.26 Å². The molecule has 160 valence electrons. The van der Waals surface area contributed by atoms with Crippen molar-refractivity contribution < 1.29 is 23.5 Å². The highest BCUT2D eigenvalue weighted by Gasteiger charge is 2.47. The van der Waals surface area contributed by atoms with E-state index in [-0.39, 0.29) is 6.10 Å². The number of amides is 2. The number of hydrogen-bond donors (Lipinski definition) is 2. The fourth-order valence-electron chi connectivity index (χ4n) is 3.83. The summed E-state index contributed by atoms with van der Waals surface area (Å²) in [4.78, 5) is 29.7. The van der Waals surface area contributed by atoms with E-state index in [2.05, 4.69) is 10.3 Å². The SMILES string of the molecule is N#CC1CC(F)(F)CN1C(=O)CNC(=O)c1ccncc1C=CC1CCC(O)CC1. The minimum absolute atomic E-state index is 0.247. The minimum atomic E-state index is -3.10. The third kappa shape index (κ3) is 5.39. The molecule has 0 bridgehead atoms. The van der Waals surface area contributed by atoms with Gasteiger partial charge in [-0.25, -0.2) is 8.78 Å². The Morgan fingerprint density at radius 3 is 2.80 bits per heavy atom. The summed E-state index contributed by atoms with van der Waals surface area (Å²) in [5.74, 6) is -4.04. The topological polar surface area (TPSA) is 106 Å². The maximum absolute atomic E-state index is 13.5. The Morgan fingerprint density at radius 2 is 2.10 bits per heavy atom. The molecule has 2 fully saturated rings. The summed E-state index contributed by atoms with van der Waals surface area (Å²) in [6, 6.07) is 2.03. The van der Waals surface area contributed by atoms with Gasteiger partial charge < -0.3 is 15.3 Å². The van der Waals surface area contributed by atoms with E-state index in [1.54, 1.807) is 12.1 Å². The van der Waals surface area contributed by atoms with Crippen molar-refractivity contribution in [2.75, 3.05) is 13.1 Å². The van der Waals surface area contributed by atoms with Crippen molar-refractivity contribution in [1.29, 1.82) is 5.26 Å². The van der Waals surface area contributed by atoms with Gasteiger partial charge in [0, 0.05) is 29.9 Å². The monoisotopic (exact) mass is 418 g/mol. The van der Waals surface area contributed by atoms with Crippen LogP contribution in [0.5, 0.6) is 0 Å². The maximum Gasteiger partial charge on any atom is 0.268 e. The highest BCUT2D eigenvalue weighted by Crippen LogP contribution is 2.31. The van der Waals surface area contributed by atoms with E-state index in [1.807, 2.05) is 6.08 Å². The van der Waals surface area contributed by atoms with Gasteiger partial charge in [-0.2, -0.15) is 5.26 Å². The molecule has 2 amide bonds. The molecule has 9 heteroatoms. The van der Waals surface area contributed by atoms with Crippen LogP contribution < -0.4 is 5.32 Å². The van der Waals surface area contributed by atoms with E-state index in [0.717, 1.165) is 30.6 Å². The zero-order valence-corrected chi connectivity index (χ0v) is 16.4. The molecular weight excluding hydrogens is 394 g/mol. The number of nitrogens with one attached hydrogen (secondary N) is 1. The largest absolute Gasteiger partial charge is 0.393 e. The van der Waals surface area contributed by atoms with Gasteiger partial charge in [-0.1, -0.05) is 12.2 Å². The van der Waals surface area contributed by atoms with Crippen molar-refractivity contribution >= 4 is 17.9 Å². The van der Waals surface area contributed by atoms with Crippen LogP contribution in [0.2, 0.25) is 0 Å². The molecule has 1 atom stereocenters. The van der Waals surface area contributed by atoms with Crippen LogP contribution >= 0.6 is 0 Å². The first-order chi connectivity index (χ1) is 14.3. The van der Waals surface area contributed by atoms with E-state index < -0.39 is 43.3 Å². The lowest BCUT2D eigenvalue weighted by molar-refractivity contribution is -0.131. The Bertz CT molecular complexity index is 860. The lowest BCUT2D eigenvalue weighted by Crippen LogP contribution is -2.43. The van der Waals surface area contributed by atoms with E-state index in [0.29, 0.717) is 17.0 Å². The molecular formula is C21H24F2N4O3. The molecule has 1 aliphatic carbocycles. The van der Waals surface area contributed by atoms with Crippen molar-refractivity contribution in [3.8, 4) is 6.07 Å². The first kappa shape index (κ1) is 21.8. The van der Waals surface area contributed by atoms with Crippen molar-refractivity contribution in [2.45, 2.75) is 50.2 Å². The van der Waals surface area contributed by atoms with Gasteiger partial charge in [-0.05, 0) is 37.7 Å². The first-order valence-corrected chi connectivity index (χ1v) is 9.94. The van der Waals surface area contributed by atoms with Crippen LogP contribution in [-0.4, -0.2) is 58.0 Å². The molecule has 2 heterocycles. The average molecular weight is 418 g/mol. The second kappa shape index (κ2) is 9.30. The van der Waals surface area contributed by atoms with Gasteiger partial charge in [0.1, 0.15) is 6.04 Å². The molecule has 1 aliphatic heterocycles. The molecule has 0 spiro atoms. The summed E-state index contributed by atoms with van der Waals surface area (Å²) in [6.07, 6.45) is 9.09. The van der Waals surface area contributed by atoms with E-state index in [9.17, 15) is 23.5 Å². The van der Waals surface area contributed by atoms with Crippen LogP contribution in [0.15, 0.2) is 24.5 Å². The fourth-order valence-corrected chi connectivity index (χ4v) is 3.83. The third-order valence-electron chi connectivity index (χ3n) is 5.53. The lowest BCUT2D eigenvalue weighted by atomic mass is 9.87. The van der Waals surface area contributed by atoms with Crippen molar-refractivity contribution in [3.05, 3.63) is 35.7 Å². The summed E-state index contributed by atoms with van der Waals surface area (Å²) in [6.45, 7) is -1.29. The normalized spacial score (nSPS) is 25.8. The summed E-state index contributed by atoms with van der Waals surface area (Å²) in [5.41, 5.74) is 0.893. The fraction of sp³-hybridized carbons (Fsp3) is 0.524. The number of allylic oxidation sites excluding steroid dienone is 1. The van der Waals surface area contributed by atoms with Gasteiger partial charge in [0.25, 0.3) is 11.8 Å². The van der Waals surface area contributed by atoms with Crippen LogP contribution in [-0.2, 0) is 4.79 Å². The first-order valence-electron chi connectivity index (χ1n) is 9.94. The number of aliphatic hydroxyl groups excluding tert-OH is 1. The number of likely N-dealkylation sites (tertiary alicyclic amines) is 1. The number of alkyl halides is 2. The maximum atomic E-state index is 13.5. The second-order valence-electron chi connectivity index (χ2n) is 7.80. The highest BCUT2D eigenvalue weighted by atomic mass is 19.3. The summed E-state index contributed by atoms with van der Waals surface area (Å²) in [7, 11) is 0. The molecule has 0 aromatic carbocycles. The average Bonchev–Trinajstić information content (AvgIpc) is 3.06. The van der Waals surface area contributed by atoms with Crippen molar-refractivity contribution in [1.82, 2.24) is 15.2 Å². The molecule has 1 saturated heterocycles. The third-order valence-corrected chi connectivity index (χ3v) is 5.53. The number of nitrogens with zero attached hydrogens (tertiary/aromatic N) is 3. The van der Waals surface area contributed by atoms with Crippen LogP contribution in [0, 0.1) is 17.2 Å². The van der Waals surface area contributed by atoms with Crippen LogP contribution in [0.1, 0.15) is 48.0 Å². The Balaban J connectivity index is 1.61. The van der Waals surface area contributed by atoms with E-state index >= 15 is 0 Å². The molecule has 7 nitrogen and oxygen atoms in total. The predicted molar refractivity (Wildman–Crippen MR) is 104 cm³/mol. The molecule has 1 unspecified atom stereocenters. The molecule has 1 aromatic heterocycles. The summed E-state index contributed by atoms with van der Waals surface area (Å²) < 4.78 is 27.0. The molecule has 3 rings (SSSR count). The zero-order chi connectivity index (χ0) is 21.7. The number of halogens is 2. The van der Waals surface area contributed by atoms with Gasteiger partial charge in [0.2, 0.25) is 5.91 Å². The van der Waals surface area contributed by atoms with Crippen molar-refractivity contribution in [3.63, 3.8) is 0 Å². The quantitative estimate of drug-likeness (QED) is 0.762. The van der Waals surface area contributed by atoms with Gasteiger partial charge in [-0.15, -0.1) is 0 Å². The van der Waals surface area contributed by atoms with Crippen LogP contribution in [0.4, 0.5) is 8.78 Å². The Labute approximate surface area is 173 Å². The number of rotatable bonds is 5. The number of nitriles is 1. The highest BCUT2D eigenvalue weighted by molar-refractivity contribution is 5.99. The lowest BCUT2D eigenvalue weighted by Gasteiger charge is -2.22. The number of aromatic nitrogens is 1. The number of carbonyl (C=O) groups is 2. The van der Waals surface area contributed by atoms with Gasteiger partial charge in [-0.3, -0.25) is 14.6 Å². The van der Waals surface area contributed by atoms with Crippen LogP contribution in [0.3, 0.4) is 0 Å². The van der Waals surface area contributed by atoms with Crippen molar-refractivity contribution in [2.24, 2.45) is 5.92 Å². The standard InChI is InChI=1S/C21H24F2N4O3/c22-21(23)9-16(10-24)27(13-21)19(29)12-26-20(30)18-7-8-25-11-15(18)4-1-14-2-5-17(28)6-3-14/h1,4,7-8,11,14,16-17,28H,2-3,5-6,9,12-13H2,(H,26,30). The van der Waals surface area contributed by atoms with Gasteiger partial charge >= 0.3 is 0 Å². The smallest absolute Gasteiger partial charge is 0.268 e. The van der Waals surface area contributed by atoms with Gasteiger partial charge in [0.05, 0.1) is 25.3 Å². The summed E-state index contributed by atoms with van der Waals surface area (Å²) >= 11 is 0. The molecule has 1 saturated carbocycles. The van der Waals surface area contributed by atoms with E-state index in [1.165, 1.54) is 18.5 Å². The minimum Gasteiger partial charge on any atom is -0.393 e. The predicted octanol–water partition coefficient (Wildman–Crippen LogP) is 2.14. The number of pyridine rings is 1. The van der Waals surface area contributed by atoms with Gasteiger partial charge in [0.15, 0.2) is 0 Å². The number of aliphatic hydroxyl groups is 1. The molecule has 1 aromatic rings. The Hall–Kier alpha value is -2.86. The zero-order valence-electron chi connectivity index (χ0n) is 16.4. The number of carbonyl (C=O) groups excluding carboxylic acids is 2. The molecule has 2 N–H and O–H groups in total. The summed E-state index contributed by atoms with van der Waals surface area (Å²) in [5, 5.41) is 21.0. The second-order valence-corrected chi connectivity index (χ2v) is 7.80. The number of hydrogen-bond acceptors (Lipinski definition) is 5. The molecule has 2 aliphatic rings. The molecule has 0 radical (unpaired) electrons. The Kier molecular flexibility index (Phi) is 6.77. The van der Waals surface area contributed by atoms with Crippen LogP contribution in [0.25, 0.3) is 6.08 Å².